The second-order valence-electron chi connectivity index (χ2n) is 4.85. The fourth-order valence-electron chi connectivity index (χ4n) is 2.11. The predicted octanol–water partition coefficient (Wildman–Crippen LogP) is 1.22. The molecule has 1 aromatic rings. The zero-order valence-electron chi connectivity index (χ0n) is 11.4. The highest BCUT2D eigenvalue weighted by Gasteiger charge is 2.14. The van der Waals surface area contributed by atoms with Gasteiger partial charge in [-0.15, -0.1) is 0 Å². The maximum Gasteiger partial charge on any atom is 0.166 e. The van der Waals surface area contributed by atoms with Crippen LogP contribution >= 0.6 is 12.2 Å². The average Bonchev–Trinajstić information content (AvgIpc) is 3.04. The summed E-state index contributed by atoms with van der Waals surface area (Å²) in [5.74, 6) is 0. The highest BCUT2D eigenvalue weighted by atomic mass is 32.1. The molecule has 19 heavy (non-hydrogen) atoms. The molecule has 1 aromatic heterocycles. The van der Waals surface area contributed by atoms with Gasteiger partial charge in [-0.2, -0.15) is 5.10 Å². The summed E-state index contributed by atoms with van der Waals surface area (Å²) in [7, 11) is 0. The Bertz CT molecular complexity index is 401. The van der Waals surface area contributed by atoms with Gasteiger partial charge in [0.2, 0.25) is 0 Å². The van der Waals surface area contributed by atoms with Gasteiger partial charge in [-0.3, -0.25) is 4.68 Å². The van der Waals surface area contributed by atoms with Gasteiger partial charge in [0.25, 0.3) is 0 Å². The molecule has 1 aliphatic rings. The molecular formula is C13H22N4OS. The maximum atomic E-state index is 5.53. The standard InChI is InChI=1S/C13H22N4OS/c1-11-5-8-17(16-11)7-3-6-14-13(19)15-10-12-4-2-9-18-12/h5,8,12H,2-4,6-7,9-10H2,1H3,(H2,14,15,19)/t12-/m1/s1. The molecule has 2 heterocycles. The number of thiocarbonyl (C=S) groups is 1. The SMILES string of the molecule is Cc1ccn(CCCNC(=S)NC[C@H]2CCCO2)n1. The number of nitrogens with zero attached hydrogens (tertiary/aromatic N) is 2. The molecule has 1 fully saturated rings. The third-order valence-corrected chi connectivity index (χ3v) is 3.43. The van der Waals surface area contributed by atoms with E-state index in [1.54, 1.807) is 0 Å². The minimum absolute atomic E-state index is 0.326. The van der Waals surface area contributed by atoms with Crippen LogP contribution in [0.4, 0.5) is 0 Å². The van der Waals surface area contributed by atoms with E-state index in [-0.39, 0.29) is 0 Å². The van der Waals surface area contributed by atoms with Gasteiger partial charge < -0.3 is 15.4 Å². The largest absolute Gasteiger partial charge is 0.376 e. The van der Waals surface area contributed by atoms with Crippen LogP contribution in [-0.2, 0) is 11.3 Å². The Hall–Kier alpha value is -1.14. The number of aryl methyl sites for hydroxylation is 2. The van der Waals surface area contributed by atoms with Crippen molar-refractivity contribution in [2.24, 2.45) is 0 Å². The Morgan fingerprint density at radius 2 is 2.47 bits per heavy atom. The number of hydrogen-bond acceptors (Lipinski definition) is 3. The lowest BCUT2D eigenvalue weighted by atomic mass is 10.2. The van der Waals surface area contributed by atoms with Crippen LogP contribution in [0.25, 0.3) is 0 Å². The predicted molar refractivity (Wildman–Crippen MR) is 79.2 cm³/mol. The molecule has 5 nitrogen and oxygen atoms in total. The van der Waals surface area contributed by atoms with E-state index >= 15 is 0 Å². The Kier molecular flexibility index (Phi) is 5.60. The topological polar surface area (TPSA) is 51.1 Å². The zero-order chi connectivity index (χ0) is 13.5. The van der Waals surface area contributed by atoms with Crippen LogP contribution in [0.15, 0.2) is 12.3 Å². The summed E-state index contributed by atoms with van der Waals surface area (Å²) in [6.45, 7) is 5.46. The highest BCUT2D eigenvalue weighted by Crippen LogP contribution is 2.10. The van der Waals surface area contributed by atoms with Crippen molar-refractivity contribution in [3.05, 3.63) is 18.0 Å². The lowest BCUT2D eigenvalue weighted by Gasteiger charge is -2.13. The van der Waals surface area contributed by atoms with Gasteiger partial charge in [0.15, 0.2) is 5.11 Å². The van der Waals surface area contributed by atoms with Gasteiger partial charge in [-0.05, 0) is 44.5 Å². The fourth-order valence-corrected chi connectivity index (χ4v) is 2.29. The van der Waals surface area contributed by atoms with Crippen molar-refractivity contribution in [2.45, 2.75) is 38.8 Å². The van der Waals surface area contributed by atoms with E-state index in [0.29, 0.717) is 11.2 Å². The number of aromatic nitrogens is 2. The summed E-state index contributed by atoms with van der Waals surface area (Å²) in [6, 6.07) is 2.02. The molecule has 2 rings (SSSR count). The Labute approximate surface area is 119 Å². The van der Waals surface area contributed by atoms with Crippen molar-refractivity contribution >= 4 is 17.3 Å². The molecular weight excluding hydrogens is 260 g/mol. The monoisotopic (exact) mass is 282 g/mol. The van der Waals surface area contributed by atoms with Crippen LogP contribution in [0.5, 0.6) is 0 Å². The molecule has 0 radical (unpaired) electrons. The number of rotatable bonds is 6. The smallest absolute Gasteiger partial charge is 0.166 e. The molecule has 0 spiro atoms. The molecule has 1 atom stereocenters. The average molecular weight is 282 g/mol. The van der Waals surface area contributed by atoms with Crippen molar-refractivity contribution < 1.29 is 4.74 Å². The van der Waals surface area contributed by atoms with Gasteiger partial charge in [-0.1, -0.05) is 0 Å². The van der Waals surface area contributed by atoms with E-state index < -0.39 is 0 Å². The first-order valence-corrected chi connectivity index (χ1v) is 7.28. The number of ether oxygens (including phenoxy) is 1. The van der Waals surface area contributed by atoms with Crippen LogP contribution in [0.1, 0.15) is 25.0 Å². The maximum absolute atomic E-state index is 5.53. The van der Waals surface area contributed by atoms with Crippen molar-refractivity contribution in [2.75, 3.05) is 19.7 Å². The minimum Gasteiger partial charge on any atom is -0.376 e. The van der Waals surface area contributed by atoms with E-state index in [9.17, 15) is 0 Å². The quantitative estimate of drug-likeness (QED) is 0.607. The molecule has 0 aromatic carbocycles. The molecule has 1 saturated heterocycles. The van der Waals surface area contributed by atoms with Gasteiger partial charge in [0.1, 0.15) is 0 Å². The molecule has 6 heteroatoms. The van der Waals surface area contributed by atoms with Gasteiger partial charge in [-0.25, -0.2) is 0 Å². The fraction of sp³-hybridized carbons (Fsp3) is 0.692. The number of nitrogens with one attached hydrogen (secondary N) is 2. The lowest BCUT2D eigenvalue weighted by Crippen LogP contribution is -2.39. The molecule has 0 unspecified atom stereocenters. The first-order chi connectivity index (χ1) is 9.24. The Morgan fingerprint density at radius 3 is 3.16 bits per heavy atom. The molecule has 0 aliphatic carbocycles. The summed E-state index contributed by atoms with van der Waals surface area (Å²) < 4.78 is 7.49. The summed E-state index contributed by atoms with van der Waals surface area (Å²) in [4.78, 5) is 0. The van der Waals surface area contributed by atoms with E-state index in [1.165, 1.54) is 0 Å². The first kappa shape index (κ1) is 14.3. The van der Waals surface area contributed by atoms with Crippen LogP contribution in [0.3, 0.4) is 0 Å². The Morgan fingerprint density at radius 1 is 1.58 bits per heavy atom. The third kappa shape index (κ3) is 5.16. The van der Waals surface area contributed by atoms with E-state index in [0.717, 1.165) is 51.2 Å². The summed E-state index contributed by atoms with van der Waals surface area (Å²) in [5, 5.41) is 11.5. The highest BCUT2D eigenvalue weighted by molar-refractivity contribution is 7.80. The van der Waals surface area contributed by atoms with Crippen LogP contribution in [0.2, 0.25) is 0 Å². The zero-order valence-corrected chi connectivity index (χ0v) is 12.2. The molecule has 2 N–H and O–H groups in total. The minimum atomic E-state index is 0.326. The summed E-state index contributed by atoms with van der Waals surface area (Å²) >= 11 is 5.22. The van der Waals surface area contributed by atoms with Crippen molar-refractivity contribution in [1.29, 1.82) is 0 Å². The molecule has 0 amide bonds. The normalized spacial score (nSPS) is 18.5. The summed E-state index contributed by atoms with van der Waals surface area (Å²) in [5.41, 5.74) is 1.06. The molecule has 106 valence electrons. The van der Waals surface area contributed by atoms with Crippen LogP contribution in [-0.4, -0.2) is 40.7 Å². The van der Waals surface area contributed by atoms with Gasteiger partial charge >= 0.3 is 0 Å². The second-order valence-corrected chi connectivity index (χ2v) is 5.25. The van der Waals surface area contributed by atoms with Crippen molar-refractivity contribution in [3.63, 3.8) is 0 Å². The van der Waals surface area contributed by atoms with Gasteiger partial charge in [0.05, 0.1) is 11.8 Å². The van der Waals surface area contributed by atoms with E-state index in [4.69, 9.17) is 17.0 Å². The summed E-state index contributed by atoms with van der Waals surface area (Å²) in [6.07, 6.45) is 5.63. The molecule has 0 bridgehead atoms. The van der Waals surface area contributed by atoms with E-state index in [2.05, 4.69) is 15.7 Å². The van der Waals surface area contributed by atoms with Crippen LogP contribution in [0, 0.1) is 6.92 Å². The van der Waals surface area contributed by atoms with Gasteiger partial charge in [0, 0.05) is 32.4 Å². The molecule has 1 aliphatic heterocycles. The third-order valence-electron chi connectivity index (χ3n) is 3.14. The van der Waals surface area contributed by atoms with E-state index in [1.807, 2.05) is 23.9 Å². The number of hydrogen-bond donors (Lipinski definition) is 2. The first-order valence-electron chi connectivity index (χ1n) is 6.87. The van der Waals surface area contributed by atoms with Crippen LogP contribution < -0.4 is 10.6 Å². The van der Waals surface area contributed by atoms with Crippen molar-refractivity contribution in [1.82, 2.24) is 20.4 Å². The Balaban J connectivity index is 1.51. The lowest BCUT2D eigenvalue weighted by molar-refractivity contribution is 0.114. The second kappa shape index (κ2) is 7.45. The van der Waals surface area contributed by atoms with Crippen molar-refractivity contribution in [3.8, 4) is 0 Å². The molecule has 0 saturated carbocycles.